The first kappa shape index (κ1) is 13.1. The molecule has 1 aliphatic rings. The Labute approximate surface area is 107 Å². The van der Waals surface area contributed by atoms with E-state index in [1.807, 2.05) is 24.3 Å². The van der Waals surface area contributed by atoms with Crippen LogP contribution in [0.25, 0.3) is 0 Å². The molecule has 0 aromatic heterocycles. The molecule has 1 fully saturated rings. The van der Waals surface area contributed by atoms with Crippen LogP contribution in [-0.4, -0.2) is 24.1 Å². The van der Waals surface area contributed by atoms with E-state index < -0.39 is 0 Å². The molecule has 3 N–H and O–H groups in total. The first-order valence-electron chi connectivity index (χ1n) is 6.48. The summed E-state index contributed by atoms with van der Waals surface area (Å²) in [6, 6.07) is 7.28. The summed E-state index contributed by atoms with van der Waals surface area (Å²) in [4.78, 5) is 11.8. The van der Waals surface area contributed by atoms with Gasteiger partial charge in [0, 0.05) is 12.1 Å². The van der Waals surface area contributed by atoms with Gasteiger partial charge in [0.05, 0.1) is 6.61 Å². The lowest BCUT2D eigenvalue weighted by Crippen LogP contribution is -2.32. The van der Waals surface area contributed by atoms with Gasteiger partial charge in [-0.1, -0.05) is 12.1 Å². The van der Waals surface area contributed by atoms with Crippen molar-refractivity contribution in [1.29, 1.82) is 0 Å². The highest BCUT2D eigenvalue weighted by atomic mass is 16.3. The second kappa shape index (κ2) is 6.52. The number of aliphatic hydroxyl groups is 1. The average Bonchev–Trinajstić information content (AvgIpc) is 2.40. The van der Waals surface area contributed by atoms with Crippen LogP contribution in [0.15, 0.2) is 24.3 Å². The highest BCUT2D eigenvalue weighted by Gasteiger charge is 2.16. The summed E-state index contributed by atoms with van der Waals surface area (Å²) >= 11 is 0. The van der Waals surface area contributed by atoms with E-state index in [0.717, 1.165) is 37.2 Å². The molecule has 0 radical (unpaired) electrons. The molecule has 0 bridgehead atoms. The maximum Gasteiger partial charge on any atom is 0.224 e. The zero-order chi connectivity index (χ0) is 12.8. The lowest BCUT2D eigenvalue weighted by atomic mass is 9.96. The summed E-state index contributed by atoms with van der Waals surface area (Å²) in [5.41, 5.74) is 1.64. The fraction of sp³-hybridized carbons (Fsp3) is 0.500. The van der Waals surface area contributed by atoms with Gasteiger partial charge in [0.25, 0.3) is 0 Å². The van der Waals surface area contributed by atoms with Gasteiger partial charge in [0.1, 0.15) is 0 Å². The van der Waals surface area contributed by atoms with Crippen LogP contribution in [0.2, 0.25) is 0 Å². The van der Waals surface area contributed by atoms with Crippen molar-refractivity contribution >= 4 is 11.6 Å². The predicted molar refractivity (Wildman–Crippen MR) is 71.2 cm³/mol. The maximum atomic E-state index is 11.8. The van der Waals surface area contributed by atoms with Crippen molar-refractivity contribution in [2.24, 2.45) is 5.92 Å². The van der Waals surface area contributed by atoms with Gasteiger partial charge in [-0.25, -0.2) is 0 Å². The Morgan fingerprint density at radius 3 is 2.78 bits per heavy atom. The summed E-state index contributed by atoms with van der Waals surface area (Å²) in [7, 11) is 0. The number of piperidine rings is 1. The van der Waals surface area contributed by atoms with Gasteiger partial charge in [-0.3, -0.25) is 4.79 Å². The predicted octanol–water partition coefficient (Wildman–Crippen LogP) is 1.51. The van der Waals surface area contributed by atoms with E-state index in [1.54, 1.807) is 0 Å². The molecule has 1 amide bonds. The highest BCUT2D eigenvalue weighted by molar-refractivity contribution is 5.90. The Balaban J connectivity index is 1.82. The Morgan fingerprint density at radius 1 is 1.39 bits per heavy atom. The second-order valence-electron chi connectivity index (χ2n) is 4.82. The summed E-state index contributed by atoms with van der Waals surface area (Å²) in [6.07, 6.45) is 2.86. The molecule has 0 aliphatic carbocycles. The topological polar surface area (TPSA) is 61.4 Å². The normalized spacial score (nSPS) is 19.5. The van der Waals surface area contributed by atoms with E-state index in [0.29, 0.717) is 12.3 Å². The molecule has 98 valence electrons. The number of benzene rings is 1. The number of carbonyl (C=O) groups excluding carboxylic acids is 1. The van der Waals surface area contributed by atoms with Crippen molar-refractivity contribution < 1.29 is 9.90 Å². The largest absolute Gasteiger partial charge is 0.392 e. The van der Waals surface area contributed by atoms with Crippen molar-refractivity contribution in [1.82, 2.24) is 5.32 Å². The SMILES string of the molecule is O=C(CC1CCCNC1)Nc1ccc(CO)cc1. The molecular weight excluding hydrogens is 228 g/mol. The molecule has 4 heteroatoms. The third kappa shape index (κ3) is 3.82. The van der Waals surface area contributed by atoms with Crippen molar-refractivity contribution in [3.05, 3.63) is 29.8 Å². The minimum absolute atomic E-state index is 0.0297. The van der Waals surface area contributed by atoms with Gasteiger partial charge in [-0.05, 0) is 49.5 Å². The Hall–Kier alpha value is -1.39. The van der Waals surface area contributed by atoms with Crippen LogP contribution in [0, 0.1) is 5.92 Å². The molecule has 2 rings (SSSR count). The number of anilines is 1. The molecule has 1 heterocycles. The zero-order valence-electron chi connectivity index (χ0n) is 10.5. The summed E-state index contributed by atoms with van der Waals surface area (Å²) in [6.45, 7) is 2.04. The molecule has 4 nitrogen and oxygen atoms in total. The number of amides is 1. The van der Waals surface area contributed by atoms with Crippen LogP contribution >= 0.6 is 0 Å². The fourth-order valence-corrected chi connectivity index (χ4v) is 2.27. The molecule has 1 aromatic rings. The molecular formula is C14H20N2O2. The van der Waals surface area contributed by atoms with Crippen LogP contribution < -0.4 is 10.6 Å². The minimum Gasteiger partial charge on any atom is -0.392 e. The van der Waals surface area contributed by atoms with Crippen LogP contribution in [0.1, 0.15) is 24.8 Å². The van der Waals surface area contributed by atoms with Crippen molar-refractivity contribution in [2.45, 2.75) is 25.9 Å². The van der Waals surface area contributed by atoms with Crippen molar-refractivity contribution in [2.75, 3.05) is 18.4 Å². The van der Waals surface area contributed by atoms with Gasteiger partial charge >= 0.3 is 0 Å². The fourth-order valence-electron chi connectivity index (χ4n) is 2.27. The molecule has 1 saturated heterocycles. The van der Waals surface area contributed by atoms with Gasteiger partial charge in [-0.15, -0.1) is 0 Å². The molecule has 1 aliphatic heterocycles. The van der Waals surface area contributed by atoms with Crippen LogP contribution in [0.4, 0.5) is 5.69 Å². The standard InChI is InChI=1S/C14H20N2O2/c17-10-11-3-5-13(6-4-11)16-14(18)8-12-2-1-7-15-9-12/h3-6,12,15,17H,1-2,7-10H2,(H,16,18). The molecule has 18 heavy (non-hydrogen) atoms. The quantitative estimate of drug-likeness (QED) is 0.757. The van der Waals surface area contributed by atoms with Gasteiger partial charge < -0.3 is 15.7 Å². The van der Waals surface area contributed by atoms with Crippen LogP contribution in [0.5, 0.6) is 0 Å². The lowest BCUT2D eigenvalue weighted by Gasteiger charge is -2.22. The van der Waals surface area contributed by atoms with Gasteiger partial charge in [0.15, 0.2) is 0 Å². The zero-order valence-corrected chi connectivity index (χ0v) is 10.5. The van der Waals surface area contributed by atoms with Crippen molar-refractivity contribution in [3.63, 3.8) is 0 Å². The van der Waals surface area contributed by atoms with E-state index in [2.05, 4.69) is 10.6 Å². The third-order valence-electron chi connectivity index (χ3n) is 3.29. The second-order valence-corrected chi connectivity index (χ2v) is 4.82. The molecule has 1 unspecified atom stereocenters. The first-order valence-corrected chi connectivity index (χ1v) is 6.48. The third-order valence-corrected chi connectivity index (χ3v) is 3.29. The summed E-state index contributed by atoms with van der Waals surface area (Å²) < 4.78 is 0. The van der Waals surface area contributed by atoms with E-state index in [1.165, 1.54) is 0 Å². The number of rotatable bonds is 4. The summed E-state index contributed by atoms with van der Waals surface area (Å²) in [5, 5.41) is 15.1. The van der Waals surface area contributed by atoms with E-state index in [-0.39, 0.29) is 12.5 Å². The van der Waals surface area contributed by atoms with Gasteiger partial charge in [-0.2, -0.15) is 0 Å². The van der Waals surface area contributed by atoms with Crippen LogP contribution in [-0.2, 0) is 11.4 Å². The number of hydrogen-bond donors (Lipinski definition) is 3. The molecule has 1 aromatic carbocycles. The Kier molecular flexibility index (Phi) is 4.73. The van der Waals surface area contributed by atoms with E-state index in [9.17, 15) is 4.79 Å². The van der Waals surface area contributed by atoms with Gasteiger partial charge in [0.2, 0.25) is 5.91 Å². The first-order chi connectivity index (χ1) is 8.78. The van der Waals surface area contributed by atoms with E-state index >= 15 is 0 Å². The van der Waals surface area contributed by atoms with E-state index in [4.69, 9.17) is 5.11 Å². The molecule has 0 spiro atoms. The Bertz CT molecular complexity index is 383. The monoisotopic (exact) mass is 248 g/mol. The van der Waals surface area contributed by atoms with Crippen LogP contribution in [0.3, 0.4) is 0 Å². The highest BCUT2D eigenvalue weighted by Crippen LogP contribution is 2.16. The summed E-state index contributed by atoms with van der Waals surface area (Å²) in [5.74, 6) is 0.524. The maximum absolute atomic E-state index is 11.8. The molecule has 1 atom stereocenters. The number of hydrogen-bond acceptors (Lipinski definition) is 3. The average molecular weight is 248 g/mol. The minimum atomic E-state index is 0.0297. The smallest absolute Gasteiger partial charge is 0.224 e. The number of aliphatic hydroxyl groups excluding tert-OH is 1. The number of carbonyl (C=O) groups is 1. The molecule has 0 saturated carbocycles. The number of nitrogens with one attached hydrogen (secondary N) is 2. The lowest BCUT2D eigenvalue weighted by molar-refractivity contribution is -0.117. The Morgan fingerprint density at radius 2 is 2.17 bits per heavy atom. The van der Waals surface area contributed by atoms with Crippen molar-refractivity contribution in [3.8, 4) is 0 Å².